The molecule has 186 valence electrons. The van der Waals surface area contributed by atoms with E-state index in [0.29, 0.717) is 29.2 Å². The van der Waals surface area contributed by atoms with Crippen LogP contribution in [0.4, 0.5) is 27.6 Å². The van der Waals surface area contributed by atoms with Gasteiger partial charge < -0.3 is 10.1 Å². The molecule has 0 saturated carbocycles. The number of carbonyl (C=O) groups is 1. The van der Waals surface area contributed by atoms with E-state index in [4.69, 9.17) is 4.74 Å². The highest BCUT2D eigenvalue weighted by molar-refractivity contribution is 6.04. The number of amides is 1. The summed E-state index contributed by atoms with van der Waals surface area (Å²) in [5.41, 5.74) is 3.39. The lowest BCUT2D eigenvalue weighted by Crippen LogP contribution is -2.13. The third-order valence-electron chi connectivity index (χ3n) is 5.54. The summed E-state index contributed by atoms with van der Waals surface area (Å²) >= 11 is 0. The SMILES string of the molecule is Cc1nn(Cc2ccc(F)cc2)c(C)c1NC(=O)c1ccc(COc2c(F)c(F)cc(F)c2F)cc1. The minimum Gasteiger partial charge on any atom is -0.483 e. The number of hydrogen-bond acceptors (Lipinski definition) is 3. The minimum atomic E-state index is -1.63. The highest BCUT2D eigenvalue weighted by atomic mass is 19.2. The van der Waals surface area contributed by atoms with Gasteiger partial charge in [0, 0.05) is 11.6 Å². The largest absolute Gasteiger partial charge is 0.483 e. The van der Waals surface area contributed by atoms with Gasteiger partial charge in [0.05, 0.1) is 23.6 Å². The Labute approximate surface area is 203 Å². The van der Waals surface area contributed by atoms with Crippen LogP contribution >= 0.6 is 0 Å². The van der Waals surface area contributed by atoms with Crippen LogP contribution in [0.3, 0.4) is 0 Å². The number of hydrogen-bond donors (Lipinski definition) is 1. The van der Waals surface area contributed by atoms with Crippen LogP contribution in [0.1, 0.15) is 32.9 Å². The number of aryl methyl sites for hydroxylation is 1. The summed E-state index contributed by atoms with van der Waals surface area (Å²) in [6, 6.07) is 12.0. The minimum absolute atomic E-state index is 0.0981. The van der Waals surface area contributed by atoms with E-state index in [9.17, 15) is 26.7 Å². The fraction of sp³-hybridized carbons (Fsp3) is 0.154. The molecular weight excluding hydrogens is 481 g/mol. The average molecular weight is 501 g/mol. The Bertz CT molecular complexity index is 1390. The Morgan fingerprint density at radius 3 is 2.08 bits per heavy atom. The number of halogens is 5. The molecule has 3 aromatic carbocycles. The summed E-state index contributed by atoms with van der Waals surface area (Å²) in [6.45, 7) is 3.56. The molecule has 0 unspecified atom stereocenters. The summed E-state index contributed by atoms with van der Waals surface area (Å²) < 4.78 is 73.9. The van der Waals surface area contributed by atoms with E-state index < -0.39 is 34.9 Å². The van der Waals surface area contributed by atoms with Crippen molar-refractivity contribution < 1.29 is 31.5 Å². The third kappa shape index (κ3) is 5.22. The number of aromatic nitrogens is 2. The van der Waals surface area contributed by atoms with Crippen molar-refractivity contribution in [2.45, 2.75) is 27.0 Å². The van der Waals surface area contributed by atoms with Gasteiger partial charge in [0.25, 0.3) is 5.91 Å². The number of nitrogens with one attached hydrogen (secondary N) is 1. The van der Waals surface area contributed by atoms with Gasteiger partial charge in [-0.1, -0.05) is 24.3 Å². The number of carbonyl (C=O) groups excluding carboxylic acids is 1. The van der Waals surface area contributed by atoms with Gasteiger partial charge in [0.2, 0.25) is 11.6 Å². The molecule has 10 heteroatoms. The lowest BCUT2D eigenvalue weighted by atomic mass is 10.1. The van der Waals surface area contributed by atoms with Gasteiger partial charge in [0.1, 0.15) is 12.4 Å². The van der Waals surface area contributed by atoms with Crippen molar-refractivity contribution >= 4 is 11.6 Å². The summed E-state index contributed by atoms with van der Waals surface area (Å²) in [7, 11) is 0. The van der Waals surface area contributed by atoms with E-state index >= 15 is 0 Å². The Hall–Kier alpha value is -4.21. The molecule has 1 amide bonds. The molecule has 0 aliphatic rings. The van der Waals surface area contributed by atoms with Crippen LogP contribution in [0.15, 0.2) is 54.6 Å². The molecule has 1 heterocycles. The Balaban J connectivity index is 1.43. The second kappa shape index (κ2) is 10.2. The first kappa shape index (κ1) is 24.9. The zero-order valence-corrected chi connectivity index (χ0v) is 19.2. The van der Waals surface area contributed by atoms with E-state index in [1.165, 1.54) is 36.4 Å². The van der Waals surface area contributed by atoms with Crippen molar-refractivity contribution in [2.24, 2.45) is 0 Å². The standard InChI is InChI=1S/C26H20F5N3O2/c1-14-24(15(2)34(33-14)12-16-5-9-19(27)10-6-16)32-26(35)18-7-3-17(4-8-18)13-36-25-22(30)20(28)11-21(29)23(25)31/h3-11H,12-13H2,1-2H3,(H,32,35). The summed E-state index contributed by atoms with van der Waals surface area (Å²) in [4.78, 5) is 12.8. The summed E-state index contributed by atoms with van der Waals surface area (Å²) in [5, 5.41) is 7.26. The third-order valence-corrected chi connectivity index (χ3v) is 5.54. The fourth-order valence-corrected chi connectivity index (χ4v) is 3.57. The maximum absolute atomic E-state index is 13.7. The van der Waals surface area contributed by atoms with Gasteiger partial charge in [-0.3, -0.25) is 9.48 Å². The van der Waals surface area contributed by atoms with Gasteiger partial charge in [-0.05, 0) is 49.2 Å². The lowest BCUT2D eigenvalue weighted by molar-refractivity contribution is 0.102. The molecule has 0 bridgehead atoms. The molecule has 5 nitrogen and oxygen atoms in total. The number of ether oxygens (including phenoxy) is 1. The van der Waals surface area contributed by atoms with Crippen molar-refractivity contribution in [1.82, 2.24) is 9.78 Å². The molecule has 4 rings (SSSR count). The van der Waals surface area contributed by atoms with Gasteiger partial charge in [0.15, 0.2) is 17.4 Å². The first-order chi connectivity index (χ1) is 17.1. The van der Waals surface area contributed by atoms with E-state index in [1.54, 1.807) is 30.7 Å². The topological polar surface area (TPSA) is 56.2 Å². The number of rotatable bonds is 7. The van der Waals surface area contributed by atoms with Crippen LogP contribution in [-0.2, 0) is 13.2 Å². The summed E-state index contributed by atoms with van der Waals surface area (Å²) in [6.07, 6.45) is 0. The van der Waals surface area contributed by atoms with Crippen molar-refractivity contribution in [1.29, 1.82) is 0 Å². The second-order valence-electron chi connectivity index (χ2n) is 8.07. The predicted molar refractivity (Wildman–Crippen MR) is 122 cm³/mol. The smallest absolute Gasteiger partial charge is 0.255 e. The molecule has 0 spiro atoms. The normalized spacial score (nSPS) is 11.0. The molecule has 0 aliphatic carbocycles. The Kier molecular flexibility index (Phi) is 7.05. The van der Waals surface area contributed by atoms with E-state index in [0.717, 1.165) is 5.56 Å². The van der Waals surface area contributed by atoms with Crippen LogP contribution in [0.25, 0.3) is 0 Å². The zero-order chi connectivity index (χ0) is 26.0. The van der Waals surface area contributed by atoms with Crippen molar-refractivity contribution in [3.8, 4) is 5.75 Å². The van der Waals surface area contributed by atoms with E-state index in [-0.39, 0.29) is 24.1 Å². The highest BCUT2D eigenvalue weighted by Crippen LogP contribution is 2.27. The maximum Gasteiger partial charge on any atom is 0.255 e. The van der Waals surface area contributed by atoms with Gasteiger partial charge in [-0.2, -0.15) is 13.9 Å². The first-order valence-electron chi connectivity index (χ1n) is 10.8. The zero-order valence-electron chi connectivity index (χ0n) is 19.2. The Morgan fingerprint density at radius 2 is 1.47 bits per heavy atom. The second-order valence-corrected chi connectivity index (χ2v) is 8.07. The molecule has 4 aromatic rings. The maximum atomic E-state index is 13.7. The van der Waals surface area contributed by atoms with Crippen molar-refractivity contribution in [2.75, 3.05) is 5.32 Å². The van der Waals surface area contributed by atoms with Crippen LogP contribution in [0, 0.1) is 42.9 Å². The summed E-state index contributed by atoms with van der Waals surface area (Å²) in [5.74, 6) is -8.30. The Morgan fingerprint density at radius 1 is 0.889 bits per heavy atom. The first-order valence-corrected chi connectivity index (χ1v) is 10.8. The van der Waals surface area contributed by atoms with Crippen molar-refractivity contribution in [3.63, 3.8) is 0 Å². The molecule has 0 saturated heterocycles. The molecule has 0 fully saturated rings. The lowest BCUT2D eigenvalue weighted by Gasteiger charge is -2.10. The van der Waals surface area contributed by atoms with Crippen LogP contribution in [0.2, 0.25) is 0 Å². The van der Waals surface area contributed by atoms with Crippen LogP contribution < -0.4 is 10.1 Å². The predicted octanol–water partition coefficient (Wildman–Crippen LogP) is 6.08. The van der Waals surface area contributed by atoms with E-state index in [1.807, 2.05) is 0 Å². The molecule has 0 radical (unpaired) electrons. The van der Waals surface area contributed by atoms with Crippen LogP contribution in [-0.4, -0.2) is 15.7 Å². The molecule has 1 N–H and O–H groups in total. The molecular formula is C26H20F5N3O2. The van der Waals surface area contributed by atoms with Crippen molar-refractivity contribution in [3.05, 3.63) is 112 Å². The monoisotopic (exact) mass is 501 g/mol. The van der Waals surface area contributed by atoms with Crippen LogP contribution in [0.5, 0.6) is 5.75 Å². The van der Waals surface area contributed by atoms with Gasteiger partial charge in [-0.15, -0.1) is 0 Å². The highest BCUT2D eigenvalue weighted by Gasteiger charge is 2.21. The molecule has 0 atom stereocenters. The molecule has 0 aliphatic heterocycles. The number of nitrogens with zero attached hydrogens (tertiary/aromatic N) is 2. The molecule has 1 aromatic heterocycles. The molecule has 36 heavy (non-hydrogen) atoms. The van der Waals surface area contributed by atoms with Gasteiger partial charge in [-0.25, -0.2) is 13.2 Å². The van der Waals surface area contributed by atoms with Gasteiger partial charge >= 0.3 is 0 Å². The fourth-order valence-electron chi connectivity index (χ4n) is 3.57. The quantitative estimate of drug-likeness (QED) is 0.247. The average Bonchev–Trinajstić information content (AvgIpc) is 3.11. The number of benzene rings is 3. The number of anilines is 1. The van der Waals surface area contributed by atoms with E-state index in [2.05, 4.69) is 10.4 Å².